The van der Waals surface area contributed by atoms with Crippen LogP contribution in [-0.2, 0) is 9.47 Å². The molecule has 110 valence electrons. The Bertz CT molecular complexity index is 455. The highest BCUT2D eigenvalue weighted by atomic mass is 16.5. The number of hydrogen-bond acceptors (Lipinski definition) is 5. The third-order valence-electron chi connectivity index (χ3n) is 3.39. The van der Waals surface area contributed by atoms with Crippen LogP contribution in [0.1, 0.15) is 15.9 Å². The molecular weight excluding hydrogens is 258 g/mol. The van der Waals surface area contributed by atoms with E-state index in [0.29, 0.717) is 17.9 Å². The predicted octanol–water partition coefficient (Wildman–Crippen LogP) is 1.49. The number of rotatable bonds is 5. The minimum atomic E-state index is -0.332. The maximum absolute atomic E-state index is 11.6. The second kappa shape index (κ2) is 7.26. The number of hydrogen-bond donors (Lipinski definition) is 0. The summed E-state index contributed by atoms with van der Waals surface area (Å²) in [6, 6.07) is 5.48. The van der Waals surface area contributed by atoms with Crippen LogP contribution in [0.2, 0.25) is 0 Å². The highest BCUT2D eigenvalue weighted by Crippen LogP contribution is 2.18. The van der Waals surface area contributed by atoms with Gasteiger partial charge in [0.25, 0.3) is 0 Å². The minimum absolute atomic E-state index is 0.332. The van der Waals surface area contributed by atoms with E-state index in [2.05, 4.69) is 4.90 Å². The Morgan fingerprint density at radius 1 is 1.35 bits per heavy atom. The molecule has 0 unspecified atom stereocenters. The maximum Gasteiger partial charge on any atom is 0.338 e. The summed E-state index contributed by atoms with van der Waals surface area (Å²) < 4.78 is 15.8. The van der Waals surface area contributed by atoms with Gasteiger partial charge in [-0.15, -0.1) is 0 Å². The molecule has 0 saturated carbocycles. The first-order valence-corrected chi connectivity index (χ1v) is 6.82. The first-order valence-electron chi connectivity index (χ1n) is 6.82. The lowest BCUT2D eigenvalue weighted by molar-refractivity contribution is 0.0322. The van der Waals surface area contributed by atoms with Gasteiger partial charge in [0, 0.05) is 19.6 Å². The van der Waals surface area contributed by atoms with E-state index in [1.807, 2.05) is 19.1 Å². The molecular formula is C15H21NO4. The van der Waals surface area contributed by atoms with Crippen molar-refractivity contribution in [2.75, 3.05) is 46.6 Å². The van der Waals surface area contributed by atoms with Crippen LogP contribution in [-0.4, -0.2) is 57.4 Å². The van der Waals surface area contributed by atoms with Gasteiger partial charge in [0.05, 0.1) is 25.9 Å². The van der Waals surface area contributed by atoms with Crippen LogP contribution in [0.3, 0.4) is 0 Å². The third-order valence-corrected chi connectivity index (χ3v) is 3.39. The first-order chi connectivity index (χ1) is 9.70. The van der Waals surface area contributed by atoms with Crippen LogP contribution in [0, 0.1) is 6.92 Å². The molecule has 0 aromatic heterocycles. The zero-order valence-electron chi connectivity index (χ0n) is 12.1. The van der Waals surface area contributed by atoms with Crippen molar-refractivity contribution in [1.82, 2.24) is 4.90 Å². The van der Waals surface area contributed by atoms with Crippen LogP contribution < -0.4 is 4.74 Å². The number of carbonyl (C=O) groups is 1. The summed E-state index contributed by atoms with van der Waals surface area (Å²) in [5.74, 6) is 0.366. The van der Waals surface area contributed by atoms with Gasteiger partial charge in [0.15, 0.2) is 0 Å². The molecule has 1 heterocycles. The van der Waals surface area contributed by atoms with E-state index in [1.165, 1.54) is 7.11 Å². The molecule has 1 fully saturated rings. The van der Waals surface area contributed by atoms with Crippen LogP contribution >= 0.6 is 0 Å². The summed E-state index contributed by atoms with van der Waals surface area (Å²) >= 11 is 0. The molecule has 0 radical (unpaired) electrons. The average molecular weight is 279 g/mol. The van der Waals surface area contributed by atoms with Crippen LogP contribution in [0.4, 0.5) is 0 Å². The molecule has 1 aliphatic heterocycles. The van der Waals surface area contributed by atoms with E-state index in [9.17, 15) is 4.79 Å². The lowest BCUT2D eigenvalue weighted by Crippen LogP contribution is -2.38. The molecule has 1 aliphatic rings. The Morgan fingerprint density at radius 2 is 2.10 bits per heavy atom. The normalized spacial score (nSPS) is 15.9. The molecule has 0 spiro atoms. The van der Waals surface area contributed by atoms with Crippen molar-refractivity contribution >= 4 is 5.97 Å². The zero-order valence-corrected chi connectivity index (χ0v) is 12.1. The van der Waals surface area contributed by atoms with E-state index >= 15 is 0 Å². The molecule has 5 heteroatoms. The first kappa shape index (κ1) is 14.8. The molecule has 0 amide bonds. The van der Waals surface area contributed by atoms with Crippen LogP contribution in [0.5, 0.6) is 5.75 Å². The fraction of sp³-hybridized carbons (Fsp3) is 0.533. The summed E-state index contributed by atoms with van der Waals surface area (Å²) in [5, 5.41) is 0. The number of benzene rings is 1. The molecule has 1 aromatic carbocycles. The third kappa shape index (κ3) is 3.95. The quantitative estimate of drug-likeness (QED) is 0.764. The number of morpholine rings is 1. The molecule has 5 nitrogen and oxygen atoms in total. The molecule has 0 aliphatic carbocycles. The van der Waals surface area contributed by atoms with Crippen molar-refractivity contribution in [3.8, 4) is 5.75 Å². The van der Waals surface area contributed by atoms with E-state index in [4.69, 9.17) is 14.2 Å². The summed E-state index contributed by atoms with van der Waals surface area (Å²) in [4.78, 5) is 13.9. The molecule has 20 heavy (non-hydrogen) atoms. The van der Waals surface area contributed by atoms with Gasteiger partial charge in [-0.1, -0.05) is 6.07 Å². The van der Waals surface area contributed by atoms with Crippen LogP contribution in [0.15, 0.2) is 18.2 Å². The fourth-order valence-electron chi connectivity index (χ4n) is 2.14. The van der Waals surface area contributed by atoms with Gasteiger partial charge in [-0.05, 0) is 24.6 Å². The Balaban J connectivity index is 1.87. The summed E-state index contributed by atoms with van der Waals surface area (Å²) in [7, 11) is 1.38. The van der Waals surface area contributed by atoms with Gasteiger partial charge >= 0.3 is 5.97 Å². The van der Waals surface area contributed by atoms with Crippen molar-refractivity contribution in [2.24, 2.45) is 0 Å². The molecule has 2 rings (SSSR count). The standard InChI is InChI=1S/C15H21NO4/c1-12-3-4-13(11-14(12)15(17)18-2)20-10-7-16-5-8-19-9-6-16/h3-4,11H,5-10H2,1-2H3. The smallest absolute Gasteiger partial charge is 0.338 e. The van der Waals surface area contributed by atoms with E-state index in [1.54, 1.807) is 6.07 Å². The lowest BCUT2D eigenvalue weighted by atomic mass is 10.1. The Labute approximate surface area is 119 Å². The zero-order chi connectivity index (χ0) is 14.4. The van der Waals surface area contributed by atoms with Crippen molar-refractivity contribution in [2.45, 2.75) is 6.92 Å². The molecule has 0 atom stereocenters. The SMILES string of the molecule is COC(=O)c1cc(OCCN2CCOCC2)ccc1C. The van der Waals surface area contributed by atoms with E-state index in [-0.39, 0.29) is 5.97 Å². The van der Waals surface area contributed by atoms with Crippen molar-refractivity contribution in [3.05, 3.63) is 29.3 Å². The Kier molecular flexibility index (Phi) is 5.38. The largest absolute Gasteiger partial charge is 0.492 e. The fourth-order valence-corrected chi connectivity index (χ4v) is 2.14. The van der Waals surface area contributed by atoms with E-state index < -0.39 is 0 Å². The van der Waals surface area contributed by atoms with Crippen molar-refractivity contribution in [1.29, 1.82) is 0 Å². The maximum atomic E-state index is 11.6. The van der Waals surface area contributed by atoms with Gasteiger partial charge in [-0.2, -0.15) is 0 Å². The molecule has 0 bridgehead atoms. The number of methoxy groups -OCH3 is 1. The monoisotopic (exact) mass is 279 g/mol. The second-order valence-electron chi connectivity index (χ2n) is 4.77. The Morgan fingerprint density at radius 3 is 2.80 bits per heavy atom. The number of esters is 1. The molecule has 1 aromatic rings. The number of aryl methyl sites for hydroxylation is 1. The highest BCUT2D eigenvalue weighted by Gasteiger charge is 2.12. The van der Waals surface area contributed by atoms with Gasteiger partial charge in [0.2, 0.25) is 0 Å². The molecule has 0 N–H and O–H groups in total. The summed E-state index contributed by atoms with van der Waals surface area (Å²) in [6.07, 6.45) is 0. The van der Waals surface area contributed by atoms with Gasteiger partial charge < -0.3 is 14.2 Å². The van der Waals surface area contributed by atoms with Gasteiger partial charge in [-0.3, -0.25) is 4.90 Å². The van der Waals surface area contributed by atoms with Crippen molar-refractivity contribution < 1.29 is 19.0 Å². The predicted molar refractivity (Wildman–Crippen MR) is 75.3 cm³/mol. The Hall–Kier alpha value is -1.59. The highest BCUT2D eigenvalue weighted by molar-refractivity contribution is 5.91. The van der Waals surface area contributed by atoms with E-state index in [0.717, 1.165) is 38.4 Å². The topological polar surface area (TPSA) is 48.0 Å². The van der Waals surface area contributed by atoms with Crippen LogP contribution in [0.25, 0.3) is 0 Å². The average Bonchev–Trinajstić information content (AvgIpc) is 2.49. The number of carbonyl (C=O) groups excluding carboxylic acids is 1. The summed E-state index contributed by atoms with van der Waals surface area (Å²) in [5.41, 5.74) is 1.44. The van der Waals surface area contributed by atoms with Crippen molar-refractivity contribution in [3.63, 3.8) is 0 Å². The number of nitrogens with zero attached hydrogens (tertiary/aromatic N) is 1. The summed E-state index contributed by atoms with van der Waals surface area (Å²) in [6.45, 7) is 6.82. The van der Waals surface area contributed by atoms with Gasteiger partial charge in [0.1, 0.15) is 12.4 Å². The minimum Gasteiger partial charge on any atom is -0.492 e. The number of ether oxygens (including phenoxy) is 3. The lowest BCUT2D eigenvalue weighted by Gasteiger charge is -2.26. The van der Waals surface area contributed by atoms with Gasteiger partial charge in [-0.25, -0.2) is 4.79 Å². The molecule has 1 saturated heterocycles. The second-order valence-corrected chi connectivity index (χ2v) is 4.77.